The van der Waals surface area contributed by atoms with Crippen LogP contribution in [-0.2, 0) is 6.42 Å². The van der Waals surface area contributed by atoms with Gasteiger partial charge in [-0.1, -0.05) is 30.3 Å². The maximum Gasteiger partial charge on any atom is 0.132 e. The lowest BCUT2D eigenvalue weighted by Crippen LogP contribution is -2.20. The highest BCUT2D eigenvalue weighted by Crippen LogP contribution is 2.37. The van der Waals surface area contributed by atoms with Crippen molar-refractivity contribution in [3.05, 3.63) is 59.2 Å². The molecule has 1 heterocycles. The number of methoxy groups -OCH3 is 1. The van der Waals surface area contributed by atoms with Crippen LogP contribution in [0.3, 0.4) is 0 Å². The second-order valence-corrected chi connectivity index (χ2v) is 6.17. The fourth-order valence-corrected chi connectivity index (χ4v) is 3.63. The molecule has 0 saturated carbocycles. The lowest BCUT2D eigenvalue weighted by molar-refractivity contribution is 0.404. The molecular formula is C18H21NOS. The lowest BCUT2D eigenvalue weighted by Gasteiger charge is -2.20. The Bertz CT molecular complexity index is 612. The second kappa shape index (κ2) is 6.54. The van der Waals surface area contributed by atoms with Gasteiger partial charge in [-0.25, -0.2) is 0 Å². The van der Waals surface area contributed by atoms with Crippen molar-refractivity contribution in [1.29, 1.82) is 0 Å². The number of hydrogen-bond donors (Lipinski definition) is 1. The zero-order chi connectivity index (χ0) is 14.7. The molecule has 3 heteroatoms. The van der Waals surface area contributed by atoms with Crippen molar-refractivity contribution in [2.24, 2.45) is 0 Å². The summed E-state index contributed by atoms with van der Waals surface area (Å²) in [6.45, 7) is 2.02. The molecule has 1 atom stereocenters. The van der Waals surface area contributed by atoms with E-state index in [1.54, 1.807) is 18.9 Å². The Labute approximate surface area is 130 Å². The molecule has 0 amide bonds. The van der Waals surface area contributed by atoms with Gasteiger partial charge in [-0.05, 0) is 48.0 Å². The fraction of sp³-hybridized carbons (Fsp3) is 0.333. The summed E-state index contributed by atoms with van der Waals surface area (Å²) >= 11 is 1.75. The third kappa shape index (κ3) is 2.94. The van der Waals surface area contributed by atoms with E-state index in [1.807, 2.05) is 0 Å². The van der Waals surface area contributed by atoms with Gasteiger partial charge >= 0.3 is 0 Å². The fourth-order valence-electron chi connectivity index (χ4n) is 3.04. The summed E-state index contributed by atoms with van der Waals surface area (Å²) in [5, 5.41) is 3.57. The molecular weight excluding hydrogens is 278 g/mol. The Kier molecular flexibility index (Phi) is 4.51. The molecule has 1 aliphatic heterocycles. The molecule has 0 spiro atoms. The molecule has 2 nitrogen and oxygen atoms in total. The van der Waals surface area contributed by atoms with Gasteiger partial charge < -0.3 is 10.1 Å². The van der Waals surface area contributed by atoms with Crippen molar-refractivity contribution in [2.75, 3.05) is 26.5 Å². The van der Waals surface area contributed by atoms with Crippen LogP contribution in [0.1, 0.15) is 22.6 Å². The van der Waals surface area contributed by atoms with E-state index in [0.717, 1.165) is 25.3 Å². The average Bonchev–Trinajstić information content (AvgIpc) is 2.76. The van der Waals surface area contributed by atoms with E-state index in [-0.39, 0.29) is 0 Å². The van der Waals surface area contributed by atoms with E-state index in [9.17, 15) is 0 Å². The van der Waals surface area contributed by atoms with E-state index in [2.05, 4.69) is 54.0 Å². The summed E-state index contributed by atoms with van der Waals surface area (Å²) in [6.07, 6.45) is 3.17. The first-order valence-corrected chi connectivity index (χ1v) is 8.56. The molecule has 1 aliphatic rings. The maximum absolute atomic E-state index is 5.54. The molecule has 0 aliphatic carbocycles. The number of hydrogen-bond acceptors (Lipinski definition) is 3. The minimum atomic E-state index is 0.417. The molecule has 3 rings (SSSR count). The lowest BCUT2D eigenvalue weighted by atomic mass is 9.88. The maximum atomic E-state index is 5.54. The van der Waals surface area contributed by atoms with Crippen LogP contribution in [0.4, 0.5) is 0 Å². The first-order chi connectivity index (χ1) is 10.3. The molecule has 1 N–H and O–H groups in total. The number of benzene rings is 2. The smallest absolute Gasteiger partial charge is 0.132 e. The standard InChI is InChI=1S/C18H21NOS/c1-20-17-10-14-8-9-19-12-16(13-6-4-3-5-7-13)15(14)11-18(17)21-2/h3-7,10-11,16,19H,8-9,12H2,1-2H3. The van der Waals surface area contributed by atoms with E-state index in [0.29, 0.717) is 5.92 Å². The number of thioether (sulfide) groups is 1. The van der Waals surface area contributed by atoms with E-state index in [1.165, 1.54) is 21.6 Å². The topological polar surface area (TPSA) is 21.3 Å². The molecule has 0 saturated heterocycles. The van der Waals surface area contributed by atoms with E-state index < -0.39 is 0 Å². The van der Waals surface area contributed by atoms with Crippen molar-refractivity contribution in [1.82, 2.24) is 5.32 Å². The van der Waals surface area contributed by atoms with Gasteiger partial charge in [0.1, 0.15) is 5.75 Å². The Morgan fingerprint density at radius 1 is 1.19 bits per heavy atom. The third-order valence-electron chi connectivity index (χ3n) is 4.14. The van der Waals surface area contributed by atoms with Crippen LogP contribution < -0.4 is 10.1 Å². The summed E-state index contributed by atoms with van der Waals surface area (Å²) in [5.41, 5.74) is 4.23. The molecule has 0 bridgehead atoms. The van der Waals surface area contributed by atoms with Crippen LogP contribution in [-0.4, -0.2) is 26.5 Å². The van der Waals surface area contributed by atoms with Crippen molar-refractivity contribution < 1.29 is 4.74 Å². The van der Waals surface area contributed by atoms with Gasteiger partial charge in [-0.3, -0.25) is 0 Å². The highest BCUT2D eigenvalue weighted by Gasteiger charge is 2.22. The number of rotatable bonds is 3. The average molecular weight is 299 g/mol. The summed E-state index contributed by atoms with van der Waals surface area (Å²) < 4.78 is 5.54. The minimum absolute atomic E-state index is 0.417. The van der Waals surface area contributed by atoms with Crippen LogP contribution in [0.2, 0.25) is 0 Å². The predicted molar refractivity (Wildman–Crippen MR) is 89.6 cm³/mol. The second-order valence-electron chi connectivity index (χ2n) is 5.32. The monoisotopic (exact) mass is 299 g/mol. The first kappa shape index (κ1) is 14.5. The molecule has 1 unspecified atom stereocenters. The summed E-state index contributed by atoms with van der Waals surface area (Å²) in [7, 11) is 1.76. The molecule has 2 aromatic rings. The quantitative estimate of drug-likeness (QED) is 0.873. The van der Waals surface area contributed by atoms with Gasteiger partial charge in [0.15, 0.2) is 0 Å². The van der Waals surface area contributed by atoms with Crippen LogP contribution >= 0.6 is 11.8 Å². The third-order valence-corrected chi connectivity index (χ3v) is 4.90. The van der Waals surface area contributed by atoms with Crippen LogP contribution in [0.25, 0.3) is 0 Å². The summed E-state index contributed by atoms with van der Waals surface area (Å²) in [4.78, 5) is 1.22. The summed E-state index contributed by atoms with van der Waals surface area (Å²) in [5.74, 6) is 1.41. The largest absolute Gasteiger partial charge is 0.496 e. The Morgan fingerprint density at radius 2 is 2.00 bits per heavy atom. The minimum Gasteiger partial charge on any atom is -0.496 e. The molecule has 0 fully saturated rings. The van der Waals surface area contributed by atoms with Gasteiger partial charge in [0.2, 0.25) is 0 Å². The zero-order valence-corrected chi connectivity index (χ0v) is 13.4. The van der Waals surface area contributed by atoms with E-state index in [4.69, 9.17) is 4.74 Å². The van der Waals surface area contributed by atoms with Gasteiger partial charge in [0.05, 0.1) is 7.11 Å². The number of nitrogens with one attached hydrogen (secondary N) is 1. The van der Waals surface area contributed by atoms with Gasteiger partial charge in [0.25, 0.3) is 0 Å². The van der Waals surface area contributed by atoms with Crippen LogP contribution in [0.5, 0.6) is 5.75 Å². The molecule has 110 valence electrons. The van der Waals surface area contributed by atoms with Crippen molar-refractivity contribution in [2.45, 2.75) is 17.2 Å². The molecule has 0 aromatic heterocycles. The number of ether oxygens (including phenoxy) is 1. The number of fused-ring (bicyclic) bond motifs is 1. The Morgan fingerprint density at radius 3 is 2.71 bits per heavy atom. The summed E-state index contributed by atoms with van der Waals surface area (Å²) in [6, 6.07) is 15.3. The highest BCUT2D eigenvalue weighted by molar-refractivity contribution is 7.98. The van der Waals surface area contributed by atoms with Gasteiger partial charge in [-0.2, -0.15) is 0 Å². The van der Waals surface area contributed by atoms with Crippen molar-refractivity contribution in [3.8, 4) is 5.75 Å². The Balaban J connectivity index is 2.10. The zero-order valence-electron chi connectivity index (χ0n) is 12.6. The Hall–Kier alpha value is -1.45. The normalized spacial score (nSPS) is 17.9. The molecule has 0 radical (unpaired) electrons. The predicted octanol–water partition coefficient (Wildman–Crippen LogP) is 3.69. The SMILES string of the molecule is COc1cc2c(cc1SC)C(c1ccccc1)CNCC2. The van der Waals surface area contributed by atoms with Gasteiger partial charge in [0, 0.05) is 17.4 Å². The van der Waals surface area contributed by atoms with Gasteiger partial charge in [-0.15, -0.1) is 11.8 Å². The van der Waals surface area contributed by atoms with Crippen molar-refractivity contribution >= 4 is 11.8 Å². The highest BCUT2D eigenvalue weighted by atomic mass is 32.2. The first-order valence-electron chi connectivity index (χ1n) is 7.34. The molecule has 2 aromatic carbocycles. The van der Waals surface area contributed by atoms with E-state index >= 15 is 0 Å². The molecule has 21 heavy (non-hydrogen) atoms. The van der Waals surface area contributed by atoms with Crippen LogP contribution in [0.15, 0.2) is 47.4 Å². The van der Waals surface area contributed by atoms with Crippen LogP contribution in [0, 0.1) is 0 Å². The van der Waals surface area contributed by atoms with Crippen molar-refractivity contribution in [3.63, 3.8) is 0 Å².